The predicted octanol–water partition coefficient (Wildman–Crippen LogP) is 3.02. The second kappa shape index (κ2) is 9.03. The van der Waals surface area contributed by atoms with Crippen LogP contribution in [0.3, 0.4) is 0 Å². The summed E-state index contributed by atoms with van der Waals surface area (Å²) in [6.07, 6.45) is -1.36. The van der Waals surface area contributed by atoms with Gasteiger partial charge in [0.1, 0.15) is 5.69 Å². The molecule has 1 aliphatic rings. The maximum atomic E-state index is 12.7. The third kappa shape index (κ3) is 6.09. The number of hydrogen-bond donors (Lipinski definition) is 2. The molecule has 1 atom stereocenters. The summed E-state index contributed by atoms with van der Waals surface area (Å²) in [6, 6.07) is 2.67. The van der Waals surface area contributed by atoms with Gasteiger partial charge in [-0.2, -0.15) is 13.2 Å². The highest BCUT2D eigenvalue weighted by atomic mass is 19.4. The van der Waals surface area contributed by atoms with Crippen molar-refractivity contribution >= 4 is 17.3 Å². The minimum atomic E-state index is -4.65. The van der Waals surface area contributed by atoms with Crippen molar-refractivity contribution in [3.63, 3.8) is 0 Å². The molecule has 0 aliphatic carbocycles. The minimum absolute atomic E-state index is 0.0214. The Morgan fingerprint density at radius 3 is 2.70 bits per heavy atom. The topological polar surface area (TPSA) is 87.5 Å². The molecule has 0 saturated carbocycles. The molecule has 0 radical (unpaired) electrons. The van der Waals surface area contributed by atoms with Crippen LogP contribution in [0, 0.1) is 10.1 Å². The Labute approximate surface area is 155 Å². The lowest BCUT2D eigenvalue weighted by molar-refractivity contribution is -0.384. The van der Waals surface area contributed by atoms with E-state index >= 15 is 0 Å². The van der Waals surface area contributed by atoms with Gasteiger partial charge in [0.25, 0.3) is 5.69 Å². The third-order valence-electron chi connectivity index (χ3n) is 4.57. The zero-order valence-corrected chi connectivity index (χ0v) is 15.0. The highest BCUT2D eigenvalue weighted by molar-refractivity contribution is 5.78. The SMILES string of the molecule is C[C@@H]1CCCCN1CC(=O)NCCNc1ccc(C(F)(F)F)cc1[N+](=O)[O-]. The molecule has 0 aromatic heterocycles. The summed E-state index contributed by atoms with van der Waals surface area (Å²) in [5.41, 5.74) is -1.76. The number of piperidine rings is 1. The summed E-state index contributed by atoms with van der Waals surface area (Å²) < 4.78 is 38.1. The Balaban J connectivity index is 1.84. The average Bonchev–Trinajstić information content (AvgIpc) is 2.59. The zero-order chi connectivity index (χ0) is 20.0. The van der Waals surface area contributed by atoms with Crippen molar-refractivity contribution in [1.29, 1.82) is 0 Å². The Hall–Kier alpha value is -2.36. The molecule has 150 valence electrons. The molecule has 1 heterocycles. The molecular formula is C17H23F3N4O3. The van der Waals surface area contributed by atoms with E-state index in [0.717, 1.165) is 37.9 Å². The molecule has 2 N–H and O–H groups in total. The second-order valence-corrected chi connectivity index (χ2v) is 6.58. The number of benzene rings is 1. The lowest BCUT2D eigenvalue weighted by Gasteiger charge is -2.32. The maximum Gasteiger partial charge on any atom is 0.416 e. The van der Waals surface area contributed by atoms with Crippen molar-refractivity contribution in [1.82, 2.24) is 10.2 Å². The first-order valence-electron chi connectivity index (χ1n) is 8.78. The Kier molecular flexibility index (Phi) is 7.00. The Bertz CT molecular complexity index is 682. The molecule has 10 heteroatoms. The maximum absolute atomic E-state index is 12.7. The molecule has 1 aliphatic heterocycles. The van der Waals surface area contributed by atoms with Crippen molar-refractivity contribution in [2.24, 2.45) is 0 Å². The van der Waals surface area contributed by atoms with Gasteiger partial charge >= 0.3 is 6.18 Å². The van der Waals surface area contributed by atoms with E-state index in [-0.39, 0.29) is 24.7 Å². The van der Waals surface area contributed by atoms with Crippen molar-refractivity contribution < 1.29 is 22.9 Å². The van der Waals surface area contributed by atoms with Crippen LogP contribution in [0.2, 0.25) is 0 Å². The van der Waals surface area contributed by atoms with E-state index in [9.17, 15) is 28.1 Å². The van der Waals surface area contributed by atoms with Crippen LogP contribution in [0.25, 0.3) is 0 Å². The first kappa shape index (κ1) is 20.9. The number of carbonyl (C=O) groups is 1. The molecule has 7 nitrogen and oxygen atoms in total. The summed E-state index contributed by atoms with van der Waals surface area (Å²) in [5.74, 6) is -0.146. The highest BCUT2D eigenvalue weighted by Gasteiger charge is 2.33. The number of nitro benzene ring substituents is 1. The normalized spacial score (nSPS) is 18.1. The summed E-state index contributed by atoms with van der Waals surface area (Å²) in [6.45, 7) is 3.62. The number of anilines is 1. The number of halogens is 3. The van der Waals surface area contributed by atoms with E-state index in [1.165, 1.54) is 0 Å². The molecule has 1 saturated heterocycles. The van der Waals surface area contributed by atoms with Gasteiger partial charge in [-0.1, -0.05) is 6.42 Å². The fourth-order valence-corrected chi connectivity index (χ4v) is 3.04. The van der Waals surface area contributed by atoms with Gasteiger partial charge in [0.05, 0.1) is 17.0 Å². The number of carbonyl (C=O) groups excluding carboxylic acids is 1. The third-order valence-corrected chi connectivity index (χ3v) is 4.57. The smallest absolute Gasteiger partial charge is 0.378 e. The number of alkyl halides is 3. The van der Waals surface area contributed by atoms with Crippen LogP contribution in [0.4, 0.5) is 24.5 Å². The lowest BCUT2D eigenvalue weighted by Crippen LogP contribution is -2.45. The number of nitro groups is 1. The van der Waals surface area contributed by atoms with E-state index < -0.39 is 22.4 Å². The molecule has 2 rings (SSSR count). The number of amides is 1. The minimum Gasteiger partial charge on any atom is -0.378 e. The number of nitrogens with zero attached hydrogens (tertiary/aromatic N) is 2. The quantitative estimate of drug-likeness (QED) is 0.426. The Morgan fingerprint density at radius 1 is 1.33 bits per heavy atom. The van der Waals surface area contributed by atoms with Crippen molar-refractivity contribution in [2.45, 2.75) is 38.4 Å². The van der Waals surface area contributed by atoms with E-state index in [4.69, 9.17) is 0 Å². The van der Waals surface area contributed by atoms with Gasteiger partial charge in [0.2, 0.25) is 5.91 Å². The fourth-order valence-electron chi connectivity index (χ4n) is 3.04. The van der Waals surface area contributed by atoms with Gasteiger partial charge in [0.15, 0.2) is 0 Å². The molecule has 0 bridgehead atoms. The summed E-state index contributed by atoms with van der Waals surface area (Å²) >= 11 is 0. The van der Waals surface area contributed by atoms with Crippen LogP contribution >= 0.6 is 0 Å². The predicted molar refractivity (Wildman–Crippen MR) is 94.5 cm³/mol. The highest BCUT2D eigenvalue weighted by Crippen LogP contribution is 2.34. The largest absolute Gasteiger partial charge is 0.416 e. The van der Waals surface area contributed by atoms with E-state index in [2.05, 4.69) is 22.5 Å². The van der Waals surface area contributed by atoms with Crippen LogP contribution in [0.15, 0.2) is 18.2 Å². The molecular weight excluding hydrogens is 365 g/mol. The number of likely N-dealkylation sites (tertiary alicyclic amines) is 1. The molecule has 1 aromatic carbocycles. The molecule has 1 amide bonds. The van der Waals surface area contributed by atoms with Crippen LogP contribution < -0.4 is 10.6 Å². The van der Waals surface area contributed by atoms with E-state index in [1.54, 1.807) is 0 Å². The standard InChI is InChI=1S/C17H23F3N4O3/c1-12-4-2-3-9-23(12)11-16(25)22-8-7-21-14-6-5-13(17(18,19)20)10-15(14)24(26)27/h5-6,10,12,21H,2-4,7-9,11H2,1H3,(H,22,25)/t12-/m1/s1. The molecule has 1 aromatic rings. The van der Waals surface area contributed by atoms with Crippen molar-refractivity contribution in [3.8, 4) is 0 Å². The zero-order valence-electron chi connectivity index (χ0n) is 15.0. The van der Waals surface area contributed by atoms with Crippen LogP contribution in [0.5, 0.6) is 0 Å². The van der Waals surface area contributed by atoms with Gasteiger partial charge in [-0.15, -0.1) is 0 Å². The number of nitrogens with one attached hydrogen (secondary N) is 2. The average molecular weight is 388 g/mol. The van der Waals surface area contributed by atoms with Crippen LogP contribution in [-0.4, -0.2) is 48.0 Å². The first-order chi connectivity index (χ1) is 12.7. The van der Waals surface area contributed by atoms with E-state index in [1.807, 2.05) is 0 Å². The fraction of sp³-hybridized carbons (Fsp3) is 0.588. The summed E-state index contributed by atoms with van der Waals surface area (Å²) in [5, 5.41) is 16.4. The molecule has 0 spiro atoms. The second-order valence-electron chi connectivity index (χ2n) is 6.58. The monoisotopic (exact) mass is 388 g/mol. The van der Waals surface area contributed by atoms with Crippen molar-refractivity contribution in [2.75, 3.05) is 31.5 Å². The molecule has 27 heavy (non-hydrogen) atoms. The van der Waals surface area contributed by atoms with Crippen LogP contribution in [-0.2, 0) is 11.0 Å². The lowest BCUT2D eigenvalue weighted by atomic mass is 10.0. The van der Waals surface area contributed by atoms with Gasteiger partial charge in [0, 0.05) is 25.2 Å². The summed E-state index contributed by atoms with van der Waals surface area (Å²) in [7, 11) is 0. The van der Waals surface area contributed by atoms with Gasteiger partial charge in [-0.25, -0.2) is 0 Å². The molecule has 0 unspecified atom stereocenters. The number of rotatable bonds is 7. The summed E-state index contributed by atoms with van der Waals surface area (Å²) in [4.78, 5) is 24.2. The number of hydrogen-bond acceptors (Lipinski definition) is 5. The van der Waals surface area contributed by atoms with Gasteiger partial charge in [-0.3, -0.25) is 19.8 Å². The molecule has 1 fully saturated rings. The van der Waals surface area contributed by atoms with Crippen LogP contribution in [0.1, 0.15) is 31.7 Å². The van der Waals surface area contributed by atoms with Gasteiger partial charge in [-0.05, 0) is 38.4 Å². The van der Waals surface area contributed by atoms with Crippen molar-refractivity contribution in [3.05, 3.63) is 33.9 Å². The Morgan fingerprint density at radius 2 is 2.07 bits per heavy atom. The first-order valence-corrected chi connectivity index (χ1v) is 8.78. The van der Waals surface area contributed by atoms with Gasteiger partial charge < -0.3 is 10.6 Å². The van der Waals surface area contributed by atoms with E-state index in [0.29, 0.717) is 18.7 Å².